The number of benzene rings is 1. The van der Waals surface area contributed by atoms with Gasteiger partial charge in [-0.25, -0.2) is 9.59 Å². The highest BCUT2D eigenvalue weighted by molar-refractivity contribution is 5.91. The minimum Gasteiger partial charge on any atom is -0.478 e. The number of urea groups is 1. The Bertz CT molecular complexity index is 417. The lowest BCUT2D eigenvalue weighted by Gasteiger charge is -2.07. The molecule has 0 aliphatic carbocycles. The second kappa shape index (κ2) is 8.10. The highest BCUT2D eigenvalue weighted by atomic mass is 16.5. The molecule has 0 unspecified atom stereocenters. The van der Waals surface area contributed by atoms with Crippen molar-refractivity contribution in [1.82, 2.24) is 5.32 Å². The molecule has 0 aliphatic rings. The normalized spacial score (nSPS) is 9.95. The third kappa shape index (κ3) is 5.87. The van der Waals surface area contributed by atoms with Gasteiger partial charge in [-0.2, -0.15) is 0 Å². The number of rotatable bonds is 7. The largest absolute Gasteiger partial charge is 0.478 e. The summed E-state index contributed by atoms with van der Waals surface area (Å²) in [4.78, 5) is 22.1. The van der Waals surface area contributed by atoms with E-state index in [-0.39, 0.29) is 11.6 Å². The van der Waals surface area contributed by atoms with Gasteiger partial charge in [-0.1, -0.05) is 0 Å². The number of ether oxygens (including phenoxy) is 1. The van der Waals surface area contributed by atoms with Crippen molar-refractivity contribution < 1.29 is 19.4 Å². The Kier molecular flexibility index (Phi) is 6.38. The fraction of sp³-hybridized carbons (Fsp3) is 0.385. The quantitative estimate of drug-likeness (QED) is 0.658. The monoisotopic (exact) mass is 266 g/mol. The van der Waals surface area contributed by atoms with Gasteiger partial charge < -0.3 is 20.5 Å². The molecule has 1 aromatic rings. The van der Waals surface area contributed by atoms with E-state index in [0.29, 0.717) is 25.4 Å². The van der Waals surface area contributed by atoms with Gasteiger partial charge in [-0.05, 0) is 37.6 Å². The molecule has 0 spiro atoms. The van der Waals surface area contributed by atoms with Crippen LogP contribution in [0.1, 0.15) is 23.7 Å². The maximum absolute atomic E-state index is 11.5. The van der Waals surface area contributed by atoms with Crippen molar-refractivity contribution in [2.75, 3.05) is 25.1 Å². The Morgan fingerprint density at radius 3 is 2.53 bits per heavy atom. The lowest BCUT2D eigenvalue weighted by atomic mass is 10.2. The number of carbonyl (C=O) groups excluding carboxylic acids is 1. The van der Waals surface area contributed by atoms with Crippen LogP contribution in [0, 0.1) is 0 Å². The molecule has 0 aromatic heterocycles. The number of carboxylic acids is 1. The fourth-order valence-electron chi connectivity index (χ4n) is 1.39. The number of aromatic carboxylic acids is 1. The Hall–Kier alpha value is -2.08. The lowest BCUT2D eigenvalue weighted by molar-refractivity contribution is 0.0697. The molecular formula is C13H18N2O4. The lowest BCUT2D eigenvalue weighted by Crippen LogP contribution is -2.30. The number of hydrogen-bond acceptors (Lipinski definition) is 3. The molecule has 0 atom stereocenters. The summed E-state index contributed by atoms with van der Waals surface area (Å²) in [6, 6.07) is 5.64. The van der Waals surface area contributed by atoms with Gasteiger partial charge in [0.05, 0.1) is 5.56 Å². The van der Waals surface area contributed by atoms with Crippen molar-refractivity contribution in [3.8, 4) is 0 Å². The van der Waals surface area contributed by atoms with E-state index in [1.54, 1.807) is 12.1 Å². The summed E-state index contributed by atoms with van der Waals surface area (Å²) >= 11 is 0. The van der Waals surface area contributed by atoms with E-state index in [1.165, 1.54) is 12.1 Å². The first-order valence-corrected chi connectivity index (χ1v) is 6.09. The summed E-state index contributed by atoms with van der Waals surface area (Å²) in [5.41, 5.74) is 0.731. The molecule has 0 radical (unpaired) electrons. The zero-order chi connectivity index (χ0) is 14.1. The molecule has 0 saturated heterocycles. The third-order valence-electron chi connectivity index (χ3n) is 2.34. The van der Waals surface area contributed by atoms with Gasteiger partial charge in [0.1, 0.15) is 0 Å². The molecule has 1 aromatic carbocycles. The zero-order valence-electron chi connectivity index (χ0n) is 10.8. The van der Waals surface area contributed by atoms with Gasteiger partial charge in [0.15, 0.2) is 0 Å². The minimum atomic E-state index is -0.994. The van der Waals surface area contributed by atoms with Crippen LogP contribution in [-0.4, -0.2) is 36.9 Å². The van der Waals surface area contributed by atoms with Crippen LogP contribution in [0.4, 0.5) is 10.5 Å². The number of hydrogen-bond donors (Lipinski definition) is 3. The summed E-state index contributed by atoms with van der Waals surface area (Å²) in [5.74, 6) is -0.994. The van der Waals surface area contributed by atoms with Crippen LogP contribution >= 0.6 is 0 Å². The van der Waals surface area contributed by atoms with E-state index >= 15 is 0 Å². The standard InChI is InChI=1S/C13H18N2O4/c1-2-19-9-3-8-14-13(18)15-11-6-4-10(5-7-11)12(16)17/h4-7H,2-3,8-9H2,1H3,(H,16,17)(H2,14,15,18). The summed E-state index contributed by atoms with van der Waals surface area (Å²) in [5, 5.41) is 14.0. The molecule has 0 bridgehead atoms. The van der Waals surface area contributed by atoms with E-state index in [2.05, 4.69) is 10.6 Å². The predicted molar refractivity (Wildman–Crippen MR) is 71.5 cm³/mol. The number of amides is 2. The van der Waals surface area contributed by atoms with Crippen LogP contribution < -0.4 is 10.6 Å². The van der Waals surface area contributed by atoms with Gasteiger partial charge in [-0.3, -0.25) is 0 Å². The molecule has 0 aliphatic heterocycles. The smallest absolute Gasteiger partial charge is 0.335 e. The van der Waals surface area contributed by atoms with Crippen molar-refractivity contribution in [3.05, 3.63) is 29.8 Å². The fourth-order valence-corrected chi connectivity index (χ4v) is 1.39. The first-order chi connectivity index (χ1) is 9.13. The minimum absolute atomic E-state index is 0.183. The molecular weight excluding hydrogens is 248 g/mol. The zero-order valence-corrected chi connectivity index (χ0v) is 10.8. The van der Waals surface area contributed by atoms with Gasteiger partial charge in [0, 0.05) is 25.4 Å². The predicted octanol–water partition coefficient (Wildman–Crippen LogP) is 1.93. The Labute approximate surface area is 111 Å². The molecule has 104 valence electrons. The Morgan fingerprint density at radius 2 is 1.95 bits per heavy atom. The molecule has 19 heavy (non-hydrogen) atoms. The molecule has 6 heteroatoms. The van der Waals surface area contributed by atoms with Crippen molar-refractivity contribution in [2.24, 2.45) is 0 Å². The average Bonchev–Trinajstić information content (AvgIpc) is 2.39. The molecule has 0 heterocycles. The SMILES string of the molecule is CCOCCCNC(=O)Nc1ccc(C(=O)O)cc1. The maximum Gasteiger partial charge on any atom is 0.335 e. The third-order valence-corrected chi connectivity index (χ3v) is 2.34. The second-order valence-corrected chi connectivity index (χ2v) is 3.81. The van der Waals surface area contributed by atoms with Crippen LogP contribution in [0.15, 0.2) is 24.3 Å². The maximum atomic E-state index is 11.5. The Morgan fingerprint density at radius 1 is 1.26 bits per heavy atom. The van der Waals surface area contributed by atoms with Crippen molar-refractivity contribution in [3.63, 3.8) is 0 Å². The number of carbonyl (C=O) groups is 2. The van der Waals surface area contributed by atoms with Crippen LogP contribution in [-0.2, 0) is 4.74 Å². The number of anilines is 1. The van der Waals surface area contributed by atoms with E-state index in [9.17, 15) is 9.59 Å². The van der Waals surface area contributed by atoms with Crippen molar-refractivity contribution in [1.29, 1.82) is 0 Å². The molecule has 0 fully saturated rings. The van der Waals surface area contributed by atoms with Crippen LogP contribution in [0.5, 0.6) is 0 Å². The van der Waals surface area contributed by atoms with Gasteiger partial charge >= 0.3 is 12.0 Å². The van der Waals surface area contributed by atoms with Gasteiger partial charge in [-0.15, -0.1) is 0 Å². The van der Waals surface area contributed by atoms with E-state index in [4.69, 9.17) is 9.84 Å². The van der Waals surface area contributed by atoms with E-state index < -0.39 is 5.97 Å². The number of carboxylic acid groups (broad SMARTS) is 1. The van der Waals surface area contributed by atoms with Gasteiger partial charge in [0.2, 0.25) is 0 Å². The number of nitrogens with one attached hydrogen (secondary N) is 2. The first-order valence-electron chi connectivity index (χ1n) is 6.09. The average molecular weight is 266 g/mol. The Balaban J connectivity index is 2.30. The second-order valence-electron chi connectivity index (χ2n) is 3.81. The molecule has 2 amide bonds. The van der Waals surface area contributed by atoms with Crippen molar-refractivity contribution in [2.45, 2.75) is 13.3 Å². The summed E-state index contributed by atoms with van der Waals surface area (Å²) in [6.07, 6.45) is 0.749. The van der Waals surface area contributed by atoms with Crippen LogP contribution in [0.2, 0.25) is 0 Å². The molecule has 1 rings (SSSR count). The molecule has 3 N–H and O–H groups in total. The highest BCUT2D eigenvalue weighted by Gasteiger charge is 2.04. The van der Waals surface area contributed by atoms with Crippen LogP contribution in [0.3, 0.4) is 0 Å². The van der Waals surface area contributed by atoms with E-state index in [0.717, 1.165) is 6.42 Å². The summed E-state index contributed by atoms with van der Waals surface area (Å²) in [7, 11) is 0. The first kappa shape index (κ1) is 15.0. The van der Waals surface area contributed by atoms with Crippen molar-refractivity contribution >= 4 is 17.7 Å². The highest BCUT2D eigenvalue weighted by Crippen LogP contribution is 2.09. The molecule has 0 saturated carbocycles. The summed E-state index contributed by atoms with van der Waals surface area (Å²) < 4.78 is 5.14. The molecule has 6 nitrogen and oxygen atoms in total. The summed E-state index contributed by atoms with van der Waals surface area (Å²) in [6.45, 7) is 3.73. The van der Waals surface area contributed by atoms with Crippen LogP contribution in [0.25, 0.3) is 0 Å². The van der Waals surface area contributed by atoms with Gasteiger partial charge in [0.25, 0.3) is 0 Å². The topological polar surface area (TPSA) is 87.7 Å². The van der Waals surface area contributed by atoms with E-state index in [1.807, 2.05) is 6.92 Å².